The number of hydroxylamine groups is 1. The molecule has 0 aliphatic heterocycles. The van der Waals surface area contributed by atoms with Gasteiger partial charge in [0.05, 0.1) is 7.11 Å². The second-order valence-corrected chi connectivity index (χ2v) is 2.97. The van der Waals surface area contributed by atoms with Gasteiger partial charge in [-0.15, -0.1) is 0 Å². The molecular formula is C10H14N2O2. The minimum absolute atomic E-state index is 0.121. The van der Waals surface area contributed by atoms with Gasteiger partial charge >= 0.3 is 0 Å². The summed E-state index contributed by atoms with van der Waals surface area (Å²) < 4.78 is 0. The number of hydrogen-bond acceptors (Lipinski definition) is 3. The van der Waals surface area contributed by atoms with E-state index in [-0.39, 0.29) is 5.91 Å². The SMILES string of the molecule is CONC(=O)CCc1ccc(N)cc1. The van der Waals surface area contributed by atoms with Crippen molar-refractivity contribution < 1.29 is 9.63 Å². The highest BCUT2D eigenvalue weighted by Crippen LogP contribution is 2.07. The van der Waals surface area contributed by atoms with Gasteiger partial charge in [0.25, 0.3) is 0 Å². The minimum atomic E-state index is -0.121. The van der Waals surface area contributed by atoms with Crippen LogP contribution in [-0.2, 0) is 16.1 Å². The van der Waals surface area contributed by atoms with Crippen LogP contribution in [0, 0.1) is 0 Å². The van der Waals surface area contributed by atoms with Gasteiger partial charge in [-0.25, -0.2) is 5.48 Å². The number of nitrogens with two attached hydrogens (primary N) is 1. The van der Waals surface area contributed by atoms with Crippen LogP contribution in [0.5, 0.6) is 0 Å². The maximum Gasteiger partial charge on any atom is 0.243 e. The summed E-state index contributed by atoms with van der Waals surface area (Å²) in [5, 5.41) is 0. The first-order valence-corrected chi connectivity index (χ1v) is 4.38. The van der Waals surface area contributed by atoms with E-state index in [9.17, 15) is 4.79 Å². The van der Waals surface area contributed by atoms with Gasteiger partial charge in [-0.2, -0.15) is 0 Å². The predicted octanol–water partition coefficient (Wildman–Crippen LogP) is 0.879. The van der Waals surface area contributed by atoms with E-state index in [1.165, 1.54) is 7.11 Å². The molecule has 0 fully saturated rings. The molecule has 1 amide bonds. The molecule has 0 aromatic heterocycles. The van der Waals surface area contributed by atoms with E-state index in [1.54, 1.807) is 0 Å². The largest absolute Gasteiger partial charge is 0.399 e. The Morgan fingerprint density at radius 1 is 1.43 bits per heavy atom. The Bertz CT molecular complexity index is 295. The standard InChI is InChI=1S/C10H14N2O2/c1-14-12-10(13)7-4-8-2-5-9(11)6-3-8/h2-3,5-6H,4,7,11H2,1H3,(H,12,13). The first-order chi connectivity index (χ1) is 6.72. The van der Waals surface area contributed by atoms with Crippen LogP contribution in [0.15, 0.2) is 24.3 Å². The van der Waals surface area contributed by atoms with Gasteiger partial charge in [0.1, 0.15) is 0 Å². The van der Waals surface area contributed by atoms with Gasteiger partial charge in [-0.3, -0.25) is 9.63 Å². The normalized spacial score (nSPS) is 9.79. The summed E-state index contributed by atoms with van der Waals surface area (Å²) in [6.45, 7) is 0. The Kier molecular flexibility index (Phi) is 3.94. The van der Waals surface area contributed by atoms with Crippen LogP contribution < -0.4 is 11.2 Å². The van der Waals surface area contributed by atoms with Crippen LogP contribution >= 0.6 is 0 Å². The first kappa shape index (κ1) is 10.5. The fraction of sp³-hybridized carbons (Fsp3) is 0.300. The first-order valence-electron chi connectivity index (χ1n) is 4.38. The number of carbonyl (C=O) groups is 1. The highest BCUT2D eigenvalue weighted by molar-refractivity contribution is 5.75. The molecule has 0 bridgehead atoms. The molecule has 0 radical (unpaired) electrons. The Hall–Kier alpha value is -1.55. The highest BCUT2D eigenvalue weighted by Gasteiger charge is 2.00. The maximum absolute atomic E-state index is 11.0. The van der Waals surface area contributed by atoms with Crippen LogP contribution in [0.3, 0.4) is 0 Å². The number of nitrogens with one attached hydrogen (secondary N) is 1. The molecule has 0 saturated heterocycles. The Labute approximate surface area is 83.0 Å². The number of rotatable bonds is 4. The van der Waals surface area contributed by atoms with Crippen molar-refractivity contribution >= 4 is 11.6 Å². The maximum atomic E-state index is 11.0. The third-order valence-corrected chi connectivity index (χ3v) is 1.84. The van der Waals surface area contributed by atoms with Gasteiger partial charge in [-0.1, -0.05) is 12.1 Å². The van der Waals surface area contributed by atoms with Crippen molar-refractivity contribution in [1.82, 2.24) is 5.48 Å². The molecule has 1 rings (SSSR count). The fourth-order valence-electron chi connectivity index (χ4n) is 1.11. The summed E-state index contributed by atoms with van der Waals surface area (Å²) in [6.07, 6.45) is 1.10. The number of aryl methyl sites for hydroxylation is 1. The lowest BCUT2D eigenvalue weighted by atomic mass is 10.1. The zero-order valence-corrected chi connectivity index (χ0v) is 8.12. The Morgan fingerprint density at radius 2 is 2.07 bits per heavy atom. The third kappa shape index (κ3) is 3.45. The second-order valence-electron chi connectivity index (χ2n) is 2.97. The summed E-state index contributed by atoms with van der Waals surface area (Å²) in [5.74, 6) is -0.121. The Morgan fingerprint density at radius 3 is 2.64 bits per heavy atom. The van der Waals surface area contributed by atoms with Gasteiger partial charge in [0.2, 0.25) is 5.91 Å². The molecular weight excluding hydrogens is 180 g/mol. The van der Waals surface area contributed by atoms with Crippen LogP contribution in [0.25, 0.3) is 0 Å². The molecule has 0 aliphatic carbocycles. The topological polar surface area (TPSA) is 64.3 Å². The summed E-state index contributed by atoms with van der Waals surface area (Å²) in [7, 11) is 1.42. The molecule has 3 N–H and O–H groups in total. The van der Waals surface area contributed by atoms with Gasteiger partial charge in [-0.05, 0) is 24.1 Å². The molecule has 4 heteroatoms. The monoisotopic (exact) mass is 194 g/mol. The molecule has 0 saturated carbocycles. The van der Waals surface area contributed by atoms with Crippen molar-refractivity contribution in [2.24, 2.45) is 0 Å². The molecule has 0 unspecified atom stereocenters. The van der Waals surface area contributed by atoms with E-state index in [4.69, 9.17) is 5.73 Å². The van der Waals surface area contributed by atoms with E-state index < -0.39 is 0 Å². The van der Waals surface area contributed by atoms with Gasteiger partial charge in [0.15, 0.2) is 0 Å². The number of benzene rings is 1. The van der Waals surface area contributed by atoms with Crippen molar-refractivity contribution in [3.05, 3.63) is 29.8 Å². The third-order valence-electron chi connectivity index (χ3n) is 1.84. The summed E-state index contributed by atoms with van der Waals surface area (Å²) >= 11 is 0. The lowest BCUT2D eigenvalue weighted by molar-refractivity contribution is -0.131. The molecule has 76 valence electrons. The lowest BCUT2D eigenvalue weighted by Gasteiger charge is -2.02. The van der Waals surface area contributed by atoms with Crippen LogP contribution in [0.2, 0.25) is 0 Å². The minimum Gasteiger partial charge on any atom is -0.399 e. The average Bonchev–Trinajstić information content (AvgIpc) is 2.17. The number of amides is 1. The van der Waals surface area contributed by atoms with Crippen molar-refractivity contribution in [1.29, 1.82) is 0 Å². The molecule has 0 atom stereocenters. The number of anilines is 1. The molecule has 14 heavy (non-hydrogen) atoms. The highest BCUT2D eigenvalue weighted by atomic mass is 16.6. The van der Waals surface area contributed by atoms with E-state index >= 15 is 0 Å². The quantitative estimate of drug-likeness (QED) is 0.552. The van der Waals surface area contributed by atoms with E-state index in [1.807, 2.05) is 24.3 Å². The smallest absolute Gasteiger partial charge is 0.243 e. The molecule has 4 nitrogen and oxygen atoms in total. The summed E-state index contributed by atoms with van der Waals surface area (Å²) in [4.78, 5) is 15.5. The molecule has 0 heterocycles. The van der Waals surface area contributed by atoms with E-state index in [0.29, 0.717) is 12.8 Å². The van der Waals surface area contributed by atoms with Crippen molar-refractivity contribution in [3.8, 4) is 0 Å². The number of hydrogen-bond donors (Lipinski definition) is 2. The second kappa shape index (κ2) is 5.24. The van der Waals surface area contributed by atoms with Crippen LogP contribution in [-0.4, -0.2) is 13.0 Å². The van der Waals surface area contributed by atoms with Crippen LogP contribution in [0.4, 0.5) is 5.69 Å². The van der Waals surface area contributed by atoms with E-state index in [2.05, 4.69) is 10.3 Å². The summed E-state index contributed by atoms with van der Waals surface area (Å²) in [6, 6.07) is 7.47. The zero-order chi connectivity index (χ0) is 10.4. The van der Waals surface area contributed by atoms with Crippen molar-refractivity contribution in [3.63, 3.8) is 0 Å². The molecule has 1 aromatic rings. The Balaban J connectivity index is 2.38. The summed E-state index contributed by atoms with van der Waals surface area (Å²) in [5.41, 5.74) is 9.61. The van der Waals surface area contributed by atoms with Crippen molar-refractivity contribution in [2.45, 2.75) is 12.8 Å². The van der Waals surface area contributed by atoms with Gasteiger partial charge < -0.3 is 5.73 Å². The van der Waals surface area contributed by atoms with E-state index in [0.717, 1.165) is 11.3 Å². The lowest BCUT2D eigenvalue weighted by Crippen LogP contribution is -2.21. The molecule has 1 aromatic carbocycles. The predicted molar refractivity (Wildman–Crippen MR) is 54.3 cm³/mol. The molecule has 0 aliphatic rings. The van der Waals surface area contributed by atoms with Crippen molar-refractivity contribution in [2.75, 3.05) is 12.8 Å². The molecule has 0 spiro atoms. The number of nitrogen functional groups attached to an aromatic ring is 1. The average molecular weight is 194 g/mol. The fourth-order valence-corrected chi connectivity index (χ4v) is 1.11. The van der Waals surface area contributed by atoms with Gasteiger partial charge in [0, 0.05) is 12.1 Å². The number of carbonyl (C=O) groups excluding carboxylic acids is 1. The zero-order valence-electron chi connectivity index (χ0n) is 8.12. The van der Waals surface area contributed by atoms with Crippen LogP contribution in [0.1, 0.15) is 12.0 Å².